The molecule has 0 aromatic rings. The van der Waals surface area contributed by atoms with Crippen molar-refractivity contribution in [3.63, 3.8) is 0 Å². The van der Waals surface area contributed by atoms with Gasteiger partial charge in [-0.3, -0.25) is 9.80 Å². The van der Waals surface area contributed by atoms with Gasteiger partial charge in [0, 0.05) is 19.6 Å². The van der Waals surface area contributed by atoms with E-state index >= 15 is 0 Å². The SMILES string of the molecule is O=CCN(CC=O)CCN(CC=O)CC(=O)[O-].[Na+]. The Balaban J connectivity index is 0. The Kier molecular flexibility index (Phi) is 14.1. The first-order chi connectivity index (χ1) is 8.13. The summed E-state index contributed by atoms with van der Waals surface area (Å²) in [5, 5.41) is 10.4. The topological polar surface area (TPSA) is 97.8 Å². The number of aliphatic carboxylic acids is 1. The van der Waals surface area contributed by atoms with Crippen molar-refractivity contribution in [3.05, 3.63) is 0 Å². The fourth-order valence-electron chi connectivity index (χ4n) is 1.27. The van der Waals surface area contributed by atoms with Crippen LogP contribution in [0.1, 0.15) is 0 Å². The Morgan fingerprint density at radius 1 is 0.889 bits per heavy atom. The Hall–Kier alpha value is -0.600. The number of carboxylic acid groups (broad SMARTS) is 1. The summed E-state index contributed by atoms with van der Waals surface area (Å²) in [6, 6.07) is 0. The molecule has 0 unspecified atom stereocenters. The molecule has 18 heavy (non-hydrogen) atoms. The quantitative estimate of drug-likeness (QED) is 0.271. The van der Waals surface area contributed by atoms with E-state index in [2.05, 4.69) is 0 Å². The van der Waals surface area contributed by atoms with Gasteiger partial charge in [0.2, 0.25) is 0 Å². The molecule has 0 aliphatic heterocycles. The molecule has 0 fully saturated rings. The van der Waals surface area contributed by atoms with Crippen molar-refractivity contribution in [1.29, 1.82) is 0 Å². The predicted molar refractivity (Wildman–Crippen MR) is 56.1 cm³/mol. The van der Waals surface area contributed by atoms with E-state index in [1.807, 2.05) is 0 Å². The van der Waals surface area contributed by atoms with Crippen LogP contribution in [-0.4, -0.2) is 73.9 Å². The van der Waals surface area contributed by atoms with Crippen LogP contribution in [-0.2, 0) is 19.2 Å². The molecule has 0 aromatic carbocycles. The van der Waals surface area contributed by atoms with Crippen LogP contribution in [0.5, 0.6) is 0 Å². The zero-order chi connectivity index (χ0) is 13.1. The van der Waals surface area contributed by atoms with Gasteiger partial charge >= 0.3 is 29.6 Å². The number of carboxylic acids is 1. The van der Waals surface area contributed by atoms with Crippen molar-refractivity contribution >= 4 is 24.8 Å². The Morgan fingerprint density at radius 2 is 1.28 bits per heavy atom. The summed E-state index contributed by atoms with van der Waals surface area (Å²) in [5.74, 6) is -1.27. The molecule has 0 radical (unpaired) electrons. The second-order valence-corrected chi connectivity index (χ2v) is 3.37. The minimum Gasteiger partial charge on any atom is -0.549 e. The summed E-state index contributed by atoms with van der Waals surface area (Å²) >= 11 is 0. The third-order valence-corrected chi connectivity index (χ3v) is 2.08. The molecule has 8 heteroatoms. The van der Waals surface area contributed by atoms with Crippen molar-refractivity contribution in [1.82, 2.24) is 9.80 Å². The summed E-state index contributed by atoms with van der Waals surface area (Å²) < 4.78 is 0. The van der Waals surface area contributed by atoms with Crippen LogP contribution in [0.15, 0.2) is 0 Å². The molecule has 0 heterocycles. The molecule has 0 aliphatic rings. The van der Waals surface area contributed by atoms with Gasteiger partial charge in [0.05, 0.1) is 25.6 Å². The molecule has 0 N–H and O–H groups in total. The number of carbonyl (C=O) groups excluding carboxylic acids is 4. The maximum atomic E-state index is 10.4. The van der Waals surface area contributed by atoms with Crippen LogP contribution in [0.2, 0.25) is 0 Å². The summed E-state index contributed by atoms with van der Waals surface area (Å²) in [4.78, 5) is 44.2. The molecule has 7 nitrogen and oxygen atoms in total. The number of hydrogen-bond donors (Lipinski definition) is 0. The molecule has 0 saturated heterocycles. The van der Waals surface area contributed by atoms with E-state index in [-0.39, 0.29) is 62.3 Å². The Labute approximate surface area is 127 Å². The van der Waals surface area contributed by atoms with Gasteiger partial charge in [0.1, 0.15) is 18.9 Å². The molecular weight excluding hydrogens is 251 g/mol. The molecule has 0 saturated carbocycles. The number of rotatable bonds is 11. The minimum absolute atomic E-state index is 0. The van der Waals surface area contributed by atoms with Gasteiger partial charge in [-0.05, 0) is 0 Å². The van der Waals surface area contributed by atoms with Crippen LogP contribution < -0.4 is 34.7 Å². The van der Waals surface area contributed by atoms with Gasteiger partial charge in [-0.2, -0.15) is 0 Å². The summed E-state index contributed by atoms with van der Waals surface area (Å²) in [7, 11) is 0. The largest absolute Gasteiger partial charge is 1.00 e. The van der Waals surface area contributed by atoms with E-state index < -0.39 is 5.97 Å². The average molecular weight is 266 g/mol. The van der Waals surface area contributed by atoms with E-state index in [1.165, 1.54) is 4.90 Å². The maximum Gasteiger partial charge on any atom is 1.00 e. The second kappa shape index (κ2) is 12.8. The fraction of sp³-hybridized carbons (Fsp3) is 0.600. The number of nitrogens with zero attached hydrogens (tertiary/aromatic N) is 2. The second-order valence-electron chi connectivity index (χ2n) is 3.37. The van der Waals surface area contributed by atoms with Gasteiger partial charge in [0.15, 0.2) is 0 Å². The van der Waals surface area contributed by atoms with E-state index in [0.29, 0.717) is 25.4 Å². The molecule has 0 aromatic heterocycles. The molecule has 0 bridgehead atoms. The van der Waals surface area contributed by atoms with E-state index in [9.17, 15) is 24.3 Å². The van der Waals surface area contributed by atoms with Gasteiger partial charge in [0.25, 0.3) is 0 Å². The smallest absolute Gasteiger partial charge is 0.549 e. The van der Waals surface area contributed by atoms with E-state index in [0.717, 1.165) is 0 Å². The number of aldehydes is 3. The van der Waals surface area contributed by atoms with Gasteiger partial charge in [-0.1, -0.05) is 0 Å². The first-order valence-electron chi connectivity index (χ1n) is 5.09. The third kappa shape index (κ3) is 10.5. The van der Waals surface area contributed by atoms with E-state index in [1.54, 1.807) is 4.90 Å². The number of hydrogen-bond acceptors (Lipinski definition) is 7. The van der Waals surface area contributed by atoms with Crippen LogP contribution in [0.25, 0.3) is 0 Å². The minimum atomic E-state index is -1.27. The molecule has 0 atom stereocenters. The van der Waals surface area contributed by atoms with Crippen molar-refractivity contribution in [2.45, 2.75) is 0 Å². The Bertz CT molecular complexity index is 265. The monoisotopic (exact) mass is 266 g/mol. The Morgan fingerprint density at radius 3 is 1.67 bits per heavy atom. The van der Waals surface area contributed by atoms with E-state index in [4.69, 9.17) is 0 Å². The summed E-state index contributed by atoms with van der Waals surface area (Å²) in [6.07, 6.45) is 1.91. The maximum absolute atomic E-state index is 10.4. The van der Waals surface area contributed by atoms with Crippen molar-refractivity contribution in [2.24, 2.45) is 0 Å². The van der Waals surface area contributed by atoms with Crippen LogP contribution in [0.3, 0.4) is 0 Å². The first-order valence-corrected chi connectivity index (χ1v) is 5.09. The molecule has 0 spiro atoms. The standard InChI is InChI=1S/C10H16N2O5.Na/c13-6-3-11(4-7-14)1-2-12(5-8-15)9-10(16)17;/h6-8H,1-5,9H2,(H,16,17);/q;+1/p-1. The van der Waals surface area contributed by atoms with Crippen LogP contribution in [0, 0.1) is 0 Å². The fourth-order valence-corrected chi connectivity index (χ4v) is 1.27. The summed E-state index contributed by atoms with van der Waals surface area (Å²) in [5.41, 5.74) is 0. The predicted octanol–water partition coefficient (Wildman–Crippen LogP) is -6.06. The summed E-state index contributed by atoms with van der Waals surface area (Å²) in [6.45, 7) is 0.420. The zero-order valence-corrected chi connectivity index (χ0v) is 12.4. The van der Waals surface area contributed by atoms with Crippen molar-refractivity contribution < 1.29 is 53.8 Å². The van der Waals surface area contributed by atoms with Crippen molar-refractivity contribution in [3.8, 4) is 0 Å². The molecular formula is C10H15N2NaO5. The average Bonchev–Trinajstić information content (AvgIpc) is 2.26. The number of carbonyl (C=O) groups is 4. The van der Waals surface area contributed by atoms with Gasteiger partial charge in [-0.25, -0.2) is 0 Å². The normalized spacial score (nSPS) is 9.89. The molecule has 0 aliphatic carbocycles. The van der Waals surface area contributed by atoms with Gasteiger partial charge in [-0.15, -0.1) is 0 Å². The molecule has 0 rings (SSSR count). The van der Waals surface area contributed by atoms with Crippen molar-refractivity contribution in [2.75, 3.05) is 39.3 Å². The van der Waals surface area contributed by atoms with Gasteiger partial charge < -0.3 is 24.3 Å². The molecule has 0 amide bonds. The van der Waals surface area contributed by atoms with Crippen LogP contribution >= 0.6 is 0 Å². The molecule has 96 valence electrons. The first kappa shape index (κ1) is 19.7. The van der Waals surface area contributed by atoms with Crippen LogP contribution in [0.4, 0.5) is 0 Å². The third-order valence-electron chi connectivity index (χ3n) is 2.08. The zero-order valence-electron chi connectivity index (χ0n) is 10.4.